The number of nitrogens with one attached hydrogen (secondary N) is 2. The molecule has 2 aromatic heterocycles. The molecule has 0 fully saturated rings. The molecule has 0 bridgehead atoms. The second-order valence-corrected chi connectivity index (χ2v) is 6.75. The number of pyridine rings is 1. The van der Waals surface area contributed by atoms with Crippen LogP contribution in [0.5, 0.6) is 0 Å². The van der Waals surface area contributed by atoms with Crippen molar-refractivity contribution >= 4 is 35.8 Å². The summed E-state index contributed by atoms with van der Waals surface area (Å²) in [7, 11) is 7.77. The standard InChI is InChI=1S/C21H27N7.HI/c1-22-21(25-13-17-11-8-12-23-20(17)27(2)3)28(4)15-19-24-14-18(26-19)16-9-6-5-7-10-16;/h5-12,14H,13,15H2,1-4H3,(H,22,25)(H,24,26);1H. The number of hydrogen-bond acceptors (Lipinski definition) is 4. The van der Waals surface area contributed by atoms with Crippen molar-refractivity contribution in [3.63, 3.8) is 0 Å². The number of aliphatic imine (C=N–C) groups is 1. The molecule has 0 aliphatic rings. The summed E-state index contributed by atoms with van der Waals surface area (Å²) in [6, 6.07) is 14.2. The summed E-state index contributed by atoms with van der Waals surface area (Å²) in [6.45, 7) is 1.27. The van der Waals surface area contributed by atoms with Gasteiger partial charge in [-0.3, -0.25) is 4.99 Å². The van der Waals surface area contributed by atoms with Crippen LogP contribution in [0.15, 0.2) is 59.9 Å². The van der Waals surface area contributed by atoms with E-state index in [0.717, 1.165) is 34.4 Å². The monoisotopic (exact) mass is 505 g/mol. The van der Waals surface area contributed by atoms with E-state index < -0.39 is 0 Å². The molecule has 0 atom stereocenters. The molecule has 3 rings (SSSR count). The summed E-state index contributed by atoms with van der Waals surface area (Å²) in [5.74, 6) is 2.64. The zero-order valence-electron chi connectivity index (χ0n) is 17.3. The number of guanidine groups is 1. The van der Waals surface area contributed by atoms with Crippen LogP contribution in [0.25, 0.3) is 11.3 Å². The van der Waals surface area contributed by atoms with Crippen LogP contribution in [-0.2, 0) is 13.1 Å². The Balaban J connectivity index is 0.00000300. The van der Waals surface area contributed by atoms with Crippen molar-refractivity contribution < 1.29 is 0 Å². The Labute approximate surface area is 189 Å². The molecule has 0 saturated carbocycles. The van der Waals surface area contributed by atoms with Crippen LogP contribution >= 0.6 is 24.0 Å². The molecule has 1 aromatic carbocycles. The minimum atomic E-state index is 0. The fraction of sp³-hybridized carbons (Fsp3) is 0.286. The van der Waals surface area contributed by atoms with E-state index in [9.17, 15) is 0 Å². The first-order valence-electron chi connectivity index (χ1n) is 9.20. The minimum Gasteiger partial charge on any atom is -0.362 e. The number of anilines is 1. The molecule has 154 valence electrons. The molecule has 0 unspecified atom stereocenters. The van der Waals surface area contributed by atoms with Gasteiger partial charge >= 0.3 is 0 Å². The second-order valence-electron chi connectivity index (χ2n) is 6.75. The van der Waals surface area contributed by atoms with Gasteiger partial charge in [0.25, 0.3) is 0 Å². The third-order valence-corrected chi connectivity index (χ3v) is 4.40. The number of aromatic amines is 1. The molecule has 2 N–H and O–H groups in total. The Morgan fingerprint density at radius 3 is 2.52 bits per heavy atom. The summed E-state index contributed by atoms with van der Waals surface area (Å²) in [5.41, 5.74) is 3.25. The van der Waals surface area contributed by atoms with E-state index in [1.165, 1.54) is 0 Å². The van der Waals surface area contributed by atoms with Gasteiger partial charge in [0.2, 0.25) is 0 Å². The van der Waals surface area contributed by atoms with Gasteiger partial charge in [-0.15, -0.1) is 24.0 Å². The highest BCUT2D eigenvalue weighted by atomic mass is 127. The topological polar surface area (TPSA) is 72.4 Å². The molecule has 0 spiro atoms. The van der Waals surface area contributed by atoms with Gasteiger partial charge in [-0.05, 0) is 11.6 Å². The largest absolute Gasteiger partial charge is 0.362 e. The molecule has 8 heteroatoms. The van der Waals surface area contributed by atoms with Gasteiger partial charge in [0.05, 0.1) is 18.4 Å². The van der Waals surface area contributed by atoms with E-state index in [1.54, 1.807) is 13.2 Å². The first-order chi connectivity index (χ1) is 13.6. The number of hydrogen-bond donors (Lipinski definition) is 2. The van der Waals surface area contributed by atoms with Gasteiger partial charge in [0.1, 0.15) is 11.6 Å². The molecule has 0 saturated heterocycles. The predicted molar refractivity (Wildman–Crippen MR) is 130 cm³/mol. The van der Waals surface area contributed by atoms with Crippen LogP contribution in [-0.4, -0.2) is 54.0 Å². The number of nitrogens with zero attached hydrogens (tertiary/aromatic N) is 5. The van der Waals surface area contributed by atoms with Crippen LogP contribution in [0.4, 0.5) is 5.82 Å². The smallest absolute Gasteiger partial charge is 0.194 e. The molecule has 29 heavy (non-hydrogen) atoms. The number of imidazole rings is 1. The quantitative estimate of drug-likeness (QED) is 0.306. The van der Waals surface area contributed by atoms with Crippen molar-refractivity contribution in [3.8, 4) is 11.3 Å². The van der Waals surface area contributed by atoms with Gasteiger partial charge in [0.15, 0.2) is 5.96 Å². The Kier molecular flexibility index (Phi) is 8.44. The maximum atomic E-state index is 4.51. The summed E-state index contributed by atoms with van der Waals surface area (Å²) in [6.07, 6.45) is 3.68. The molecular formula is C21H28IN7. The average Bonchev–Trinajstić information content (AvgIpc) is 3.18. The summed E-state index contributed by atoms with van der Waals surface area (Å²) in [4.78, 5) is 20.8. The van der Waals surface area contributed by atoms with E-state index in [2.05, 4.69) is 43.5 Å². The second kappa shape index (κ2) is 10.8. The first kappa shape index (κ1) is 22.7. The first-order valence-corrected chi connectivity index (χ1v) is 9.20. The Bertz CT molecular complexity index is 922. The van der Waals surface area contributed by atoms with Crippen molar-refractivity contribution in [2.24, 2.45) is 4.99 Å². The van der Waals surface area contributed by atoms with E-state index in [4.69, 9.17) is 0 Å². The van der Waals surface area contributed by atoms with Crippen LogP contribution in [0.1, 0.15) is 11.4 Å². The van der Waals surface area contributed by atoms with Gasteiger partial charge in [-0.2, -0.15) is 0 Å². The Hall–Kier alpha value is -2.62. The molecule has 2 heterocycles. The third-order valence-electron chi connectivity index (χ3n) is 4.40. The molecular weight excluding hydrogens is 477 g/mol. The lowest BCUT2D eigenvalue weighted by molar-refractivity contribution is 0.464. The van der Waals surface area contributed by atoms with Crippen molar-refractivity contribution in [1.82, 2.24) is 25.2 Å². The fourth-order valence-corrected chi connectivity index (χ4v) is 3.04. The Morgan fingerprint density at radius 1 is 1.07 bits per heavy atom. The molecule has 7 nitrogen and oxygen atoms in total. The van der Waals surface area contributed by atoms with Crippen molar-refractivity contribution in [3.05, 3.63) is 66.2 Å². The minimum absolute atomic E-state index is 0. The Morgan fingerprint density at radius 2 is 1.83 bits per heavy atom. The van der Waals surface area contributed by atoms with Gasteiger partial charge < -0.3 is 20.1 Å². The van der Waals surface area contributed by atoms with E-state index in [0.29, 0.717) is 13.1 Å². The SMILES string of the molecule is CN=C(NCc1cccnc1N(C)C)N(C)Cc1ncc(-c2ccccc2)[nH]1.I. The van der Waals surface area contributed by atoms with Gasteiger partial charge in [-0.1, -0.05) is 36.4 Å². The number of rotatable bonds is 6. The van der Waals surface area contributed by atoms with Crippen molar-refractivity contribution in [1.29, 1.82) is 0 Å². The zero-order valence-corrected chi connectivity index (χ0v) is 19.6. The number of halogens is 1. The van der Waals surface area contributed by atoms with Gasteiger partial charge in [-0.25, -0.2) is 9.97 Å². The highest BCUT2D eigenvalue weighted by Crippen LogP contribution is 2.17. The van der Waals surface area contributed by atoms with E-state index in [1.807, 2.05) is 61.4 Å². The zero-order chi connectivity index (χ0) is 19.9. The number of H-pyrrole nitrogens is 1. The summed E-state index contributed by atoms with van der Waals surface area (Å²) >= 11 is 0. The lowest BCUT2D eigenvalue weighted by Gasteiger charge is -2.22. The summed E-state index contributed by atoms with van der Waals surface area (Å²) in [5, 5.41) is 3.41. The lowest BCUT2D eigenvalue weighted by Crippen LogP contribution is -2.38. The van der Waals surface area contributed by atoms with Crippen molar-refractivity contribution in [2.45, 2.75) is 13.1 Å². The highest BCUT2D eigenvalue weighted by molar-refractivity contribution is 14.0. The fourth-order valence-electron chi connectivity index (χ4n) is 3.04. The number of benzene rings is 1. The van der Waals surface area contributed by atoms with Crippen LogP contribution < -0.4 is 10.2 Å². The van der Waals surface area contributed by atoms with Gasteiger partial charge in [0, 0.05) is 46.5 Å². The molecule has 0 aliphatic carbocycles. The van der Waals surface area contributed by atoms with E-state index >= 15 is 0 Å². The average molecular weight is 505 g/mol. The molecule has 3 aromatic rings. The van der Waals surface area contributed by atoms with Crippen LogP contribution in [0, 0.1) is 0 Å². The normalized spacial score (nSPS) is 11.0. The lowest BCUT2D eigenvalue weighted by atomic mass is 10.2. The molecule has 0 aliphatic heterocycles. The number of aromatic nitrogens is 3. The van der Waals surface area contributed by atoms with Crippen LogP contribution in [0.3, 0.4) is 0 Å². The highest BCUT2D eigenvalue weighted by Gasteiger charge is 2.11. The molecule has 0 amide bonds. The van der Waals surface area contributed by atoms with E-state index in [-0.39, 0.29) is 24.0 Å². The third kappa shape index (κ3) is 5.93. The van der Waals surface area contributed by atoms with Crippen LogP contribution in [0.2, 0.25) is 0 Å². The molecule has 0 radical (unpaired) electrons. The summed E-state index contributed by atoms with van der Waals surface area (Å²) < 4.78 is 0. The van der Waals surface area contributed by atoms with Crippen molar-refractivity contribution in [2.75, 3.05) is 33.1 Å². The predicted octanol–water partition coefficient (Wildman–Crippen LogP) is 3.36. The maximum absolute atomic E-state index is 4.51. The maximum Gasteiger partial charge on any atom is 0.194 e.